The van der Waals surface area contributed by atoms with E-state index in [1.807, 2.05) is 84.9 Å². The van der Waals surface area contributed by atoms with Crippen molar-refractivity contribution in [2.45, 2.75) is 18.3 Å². The number of carbonyl (C=O) groups is 1. The second-order valence-corrected chi connectivity index (χ2v) is 6.39. The topological polar surface area (TPSA) is 50.1 Å². The number of nitriles is 1. The summed E-state index contributed by atoms with van der Waals surface area (Å²) in [5.74, 6) is 0.133. The molecule has 0 bridgehead atoms. The molecule has 3 aromatic rings. The summed E-state index contributed by atoms with van der Waals surface area (Å²) in [6, 6.07) is 28.9. The predicted octanol–water partition coefficient (Wildman–Crippen LogP) is 5.36. The molecule has 0 spiro atoms. The Morgan fingerprint density at radius 2 is 1.48 bits per heavy atom. The molecule has 0 aliphatic carbocycles. The van der Waals surface area contributed by atoms with Crippen LogP contribution in [-0.2, 0) is 0 Å². The molecule has 134 valence electrons. The van der Waals surface area contributed by atoms with Gasteiger partial charge in [-0.2, -0.15) is 5.26 Å². The maximum absolute atomic E-state index is 12.9. The third kappa shape index (κ3) is 4.43. The molecule has 0 amide bonds. The monoisotopic (exact) mass is 355 g/mol. The molecule has 0 fully saturated rings. The molecule has 2 atom stereocenters. The van der Waals surface area contributed by atoms with Crippen LogP contribution in [0.25, 0.3) is 0 Å². The number of carbonyl (C=O) groups excluding carboxylic acids is 1. The van der Waals surface area contributed by atoms with Crippen molar-refractivity contribution in [3.05, 3.63) is 102 Å². The summed E-state index contributed by atoms with van der Waals surface area (Å²) in [5.41, 5.74) is 2.54. The molecule has 3 rings (SSSR count). The summed E-state index contributed by atoms with van der Waals surface area (Å²) in [4.78, 5) is 12.9. The van der Waals surface area contributed by atoms with Crippen molar-refractivity contribution in [2.75, 3.05) is 7.11 Å². The molecule has 0 radical (unpaired) electrons. The average Bonchev–Trinajstić information content (AvgIpc) is 2.75. The van der Waals surface area contributed by atoms with E-state index in [1.165, 1.54) is 0 Å². The molecule has 27 heavy (non-hydrogen) atoms. The molecule has 0 saturated carbocycles. The Morgan fingerprint density at radius 1 is 0.889 bits per heavy atom. The minimum atomic E-state index is -0.425. The van der Waals surface area contributed by atoms with Crippen LogP contribution < -0.4 is 4.74 Å². The van der Waals surface area contributed by atoms with Crippen molar-refractivity contribution in [1.29, 1.82) is 5.26 Å². The number of Topliss-reactive ketones (excluding diaryl/α,β-unsaturated/α-hetero) is 1. The Labute approximate surface area is 159 Å². The summed E-state index contributed by atoms with van der Waals surface area (Å²) in [5, 5.41) is 9.93. The number of rotatable bonds is 7. The van der Waals surface area contributed by atoms with E-state index in [9.17, 15) is 10.1 Å². The molecule has 0 saturated heterocycles. The van der Waals surface area contributed by atoms with Gasteiger partial charge in [0.2, 0.25) is 0 Å². The Morgan fingerprint density at radius 3 is 2.04 bits per heavy atom. The molecular weight excluding hydrogens is 334 g/mol. The second-order valence-electron chi connectivity index (χ2n) is 6.39. The highest BCUT2D eigenvalue weighted by Gasteiger charge is 2.27. The first-order valence-corrected chi connectivity index (χ1v) is 8.89. The van der Waals surface area contributed by atoms with E-state index in [4.69, 9.17) is 4.74 Å². The first-order chi connectivity index (χ1) is 13.2. The van der Waals surface area contributed by atoms with E-state index in [0.717, 1.165) is 16.9 Å². The summed E-state index contributed by atoms with van der Waals surface area (Å²) in [6.07, 6.45) is 0.276. The minimum absolute atomic E-state index is 0.0400. The van der Waals surface area contributed by atoms with Crippen molar-refractivity contribution < 1.29 is 9.53 Å². The van der Waals surface area contributed by atoms with Crippen LogP contribution in [0.5, 0.6) is 5.75 Å². The molecule has 3 heteroatoms. The van der Waals surface area contributed by atoms with Crippen LogP contribution in [0.1, 0.15) is 39.7 Å². The van der Waals surface area contributed by atoms with Crippen LogP contribution in [0.4, 0.5) is 0 Å². The second kappa shape index (κ2) is 8.82. The van der Waals surface area contributed by atoms with Gasteiger partial charge in [0.1, 0.15) is 5.75 Å². The maximum Gasteiger partial charge on any atom is 0.163 e. The smallest absolute Gasteiger partial charge is 0.163 e. The van der Waals surface area contributed by atoms with Gasteiger partial charge in [-0.05, 0) is 23.3 Å². The zero-order chi connectivity index (χ0) is 19.1. The van der Waals surface area contributed by atoms with Crippen LogP contribution in [0.2, 0.25) is 0 Å². The first-order valence-electron chi connectivity index (χ1n) is 8.89. The summed E-state index contributed by atoms with van der Waals surface area (Å²) in [6.45, 7) is 0. The van der Waals surface area contributed by atoms with E-state index >= 15 is 0 Å². The fourth-order valence-electron chi connectivity index (χ4n) is 3.28. The molecule has 0 aliphatic rings. The third-order valence-corrected chi connectivity index (χ3v) is 4.75. The number of ketones is 1. The summed E-state index contributed by atoms with van der Waals surface area (Å²) in [7, 11) is 1.61. The number of methoxy groups -OCH3 is 1. The van der Waals surface area contributed by atoms with Crippen molar-refractivity contribution in [1.82, 2.24) is 0 Å². The third-order valence-electron chi connectivity index (χ3n) is 4.75. The largest absolute Gasteiger partial charge is 0.497 e. The van der Waals surface area contributed by atoms with Crippen molar-refractivity contribution in [2.24, 2.45) is 0 Å². The molecule has 0 heterocycles. The number of ether oxygens (including phenoxy) is 1. The molecule has 0 aromatic heterocycles. The quantitative estimate of drug-likeness (QED) is 0.536. The highest BCUT2D eigenvalue weighted by molar-refractivity contribution is 5.96. The summed E-state index contributed by atoms with van der Waals surface area (Å²) < 4.78 is 5.21. The first kappa shape index (κ1) is 18.4. The minimum Gasteiger partial charge on any atom is -0.497 e. The van der Waals surface area contributed by atoms with E-state index in [1.54, 1.807) is 7.11 Å². The Hall–Kier alpha value is -3.38. The van der Waals surface area contributed by atoms with E-state index < -0.39 is 5.92 Å². The summed E-state index contributed by atoms with van der Waals surface area (Å²) >= 11 is 0. The normalized spacial score (nSPS) is 12.6. The van der Waals surface area contributed by atoms with Gasteiger partial charge in [0.25, 0.3) is 0 Å². The Balaban J connectivity index is 1.95. The van der Waals surface area contributed by atoms with E-state index in [2.05, 4.69) is 6.07 Å². The Kier molecular flexibility index (Phi) is 6.02. The van der Waals surface area contributed by atoms with Crippen LogP contribution in [0.15, 0.2) is 84.9 Å². The van der Waals surface area contributed by atoms with Crippen molar-refractivity contribution in [3.63, 3.8) is 0 Å². The molecular formula is C24H21NO2. The van der Waals surface area contributed by atoms with Crippen LogP contribution >= 0.6 is 0 Å². The molecule has 0 N–H and O–H groups in total. The SMILES string of the molecule is COc1ccc([C@H](C#N)[C@@H](CC(=O)c2ccccc2)c2ccccc2)cc1. The number of nitrogens with zero attached hydrogens (tertiary/aromatic N) is 1. The van der Waals surface area contributed by atoms with Gasteiger partial charge in [0.15, 0.2) is 5.78 Å². The highest BCUT2D eigenvalue weighted by Crippen LogP contribution is 2.36. The fraction of sp³-hybridized carbons (Fsp3) is 0.167. The average molecular weight is 355 g/mol. The molecule has 0 unspecified atom stereocenters. The lowest BCUT2D eigenvalue weighted by molar-refractivity contribution is 0.0971. The fourth-order valence-corrected chi connectivity index (χ4v) is 3.28. The van der Waals surface area contributed by atoms with Crippen molar-refractivity contribution >= 4 is 5.78 Å². The van der Waals surface area contributed by atoms with Gasteiger partial charge < -0.3 is 4.74 Å². The number of hydrogen-bond acceptors (Lipinski definition) is 3. The van der Waals surface area contributed by atoms with Gasteiger partial charge in [-0.25, -0.2) is 0 Å². The van der Waals surface area contributed by atoms with Crippen LogP contribution in [0, 0.1) is 11.3 Å². The van der Waals surface area contributed by atoms with Gasteiger partial charge in [0.05, 0.1) is 19.1 Å². The zero-order valence-corrected chi connectivity index (χ0v) is 15.2. The van der Waals surface area contributed by atoms with Crippen molar-refractivity contribution in [3.8, 4) is 11.8 Å². The standard InChI is InChI=1S/C24H21NO2/c1-27-21-14-12-19(13-15-21)23(17-25)22(18-8-4-2-5-9-18)16-24(26)20-10-6-3-7-11-20/h2-15,22-23H,16H2,1H3/t22-,23-/m0/s1. The number of benzene rings is 3. The van der Waals surface area contributed by atoms with Gasteiger partial charge >= 0.3 is 0 Å². The van der Waals surface area contributed by atoms with Gasteiger partial charge in [0, 0.05) is 17.9 Å². The van der Waals surface area contributed by atoms with Gasteiger partial charge in [-0.3, -0.25) is 4.79 Å². The van der Waals surface area contributed by atoms with Crippen LogP contribution in [0.3, 0.4) is 0 Å². The van der Waals surface area contributed by atoms with Gasteiger partial charge in [-0.15, -0.1) is 0 Å². The maximum atomic E-state index is 12.9. The van der Waals surface area contributed by atoms with E-state index in [0.29, 0.717) is 5.56 Å². The highest BCUT2D eigenvalue weighted by atomic mass is 16.5. The van der Waals surface area contributed by atoms with E-state index in [-0.39, 0.29) is 18.1 Å². The lowest BCUT2D eigenvalue weighted by Crippen LogP contribution is -2.15. The predicted molar refractivity (Wildman–Crippen MR) is 106 cm³/mol. The lowest BCUT2D eigenvalue weighted by atomic mass is 9.78. The molecule has 0 aliphatic heterocycles. The lowest BCUT2D eigenvalue weighted by Gasteiger charge is -2.23. The van der Waals surface area contributed by atoms with Gasteiger partial charge in [-0.1, -0.05) is 72.8 Å². The Bertz CT molecular complexity index is 912. The molecule has 3 nitrogen and oxygen atoms in total. The van der Waals surface area contributed by atoms with Crippen LogP contribution in [-0.4, -0.2) is 12.9 Å². The number of hydrogen-bond donors (Lipinski definition) is 0. The molecule has 3 aromatic carbocycles. The zero-order valence-electron chi connectivity index (χ0n) is 15.2.